The highest BCUT2D eigenvalue weighted by Gasteiger charge is 2.22. The lowest BCUT2D eigenvalue weighted by molar-refractivity contribution is 0.158. The van der Waals surface area contributed by atoms with E-state index in [1.165, 1.54) is 11.6 Å². The molecule has 2 aromatic carbocycles. The first kappa shape index (κ1) is 20.8. The van der Waals surface area contributed by atoms with Gasteiger partial charge in [0.2, 0.25) is 5.78 Å². The number of aryl methyl sites for hydroxylation is 1. The van der Waals surface area contributed by atoms with Gasteiger partial charge in [0.1, 0.15) is 5.75 Å². The number of rotatable bonds is 5. The third-order valence-corrected chi connectivity index (χ3v) is 5.96. The Morgan fingerprint density at radius 1 is 1.03 bits per heavy atom. The number of nitrogens with zero attached hydrogens (tertiary/aromatic N) is 5. The van der Waals surface area contributed by atoms with Crippen LogP contribution in [-0.4, -0.2) is 35.3 Å². The van der Waals surface area contributed by atoms with Crippen molar-refractivity contribution < 1.29 is 9.84 Å². The van der Waals surface area contributed by atoms with Gasteiger partial charge >= 0.3 is 5.69 Å². The largest absolute Gasteiger partial charge is 0.497 e. The van der Waals surface area contributed by atoms with Gasteiger partial charge in [-0.1, -0.05) is 42.5 Å². The monoisotopic (exact) mass is 445 g/mol. The fraction of sp³-hybridized carbons (Fsp3) is 0.208. The van der Waals surface area contributed by atoms with E-state index in [1.807, 2.05) is 65.4 Å². The topological polar surface area (TPSA) is 95.7 Å². The first-order valence-corrected chi connectivity index (χ1v) is 10.5. The summed E-state index contributed by atoms with van der Waals surface area (Å²) in [5, 5.41) is 11.0. The van der Waals surface area contributed by atoms with Crippen molar-refractivity contribution in [3.05, 3.63) is 87.2 Å². The maximum atomic E-state index is 13.0. The number of methoxy groups -OCH3 is 1. The van der Waals surface area contributed by atoms with E-state index in [4.69, 9.17) is 4.74 Å². The van der Waals surface area contributed by atoms with E-state index in [2.05, 4.69) is 4.98 Å². The summed E-state index contributed by atoms with van der Waals surface area (Å²) in [6.07, 6.45) is 1.00. The molecule has 0 saturated heterocycles. The molecule has 0 spiro atoms. The molecule has 5 rings (SSSR count). The Labute approximate surface area is 188 Å². The zero-order valence-electron chi connectivity index (χ0n) is 18.5. The van der Waals surface area contributed by atoms with Crippen molar-refractivity contribution >= 4 is 16.9 Å². The Morgan fingerprint density at radius 3 is 2.52 bits per heavy atom. The van der Waals surface area contributed by atoms with Gasteiger partial charge in [0, 0.05) is 25.9 Å². The number of fused-ring (bicyclic) bond motifs is 3. The number of benzene rings is 2. The maximum Gasteiger partial charge on any atom is 0.332 e. The minimum absolute atomic E-state index is 0.199. The van der Waals surface area contributed by atoms with Crippen LogP contribution in [0.25, 0.3) is 28.2 Å². The summed E-state index contributed by atoms with van der Waals surface area (Å²) in [4.78, 5) is 30.1. The zero-order valence-corrected chi connectivity index (χ0v) is 18.5. The minimum atomic E-state index is -0.807. The van der Waals surface area contributed by atoms with E-state index < -0.39 is 17.4 Å². The van der Waals surface area contributed by atoms with Crippen molar-refractivity contribution in [2.45, 2.75) is 12.6 Å². The number of aliphatic hydroxyl groups excluding tert-OH is 1. The molecule has 0 saturated carbocycles. The number of imidazole rings is 2. The Balaban J connectivity index is 1.80. The highest BCUT2D eigenvalue weighted by molar-refractivity contribution is 5.78. The maximum absolute atomic E-state index is 13.0. The van der Waals surface area contributed by atoms with E-state index >= 15 is 0 Å². The standard InChI is InChI=1S/C24H23N5O4/c1-26-21-20(22(31)27(2)24(26)32)29-13-18(16-10-7-11-17(12-16)33-3)28(23(29)25-21)14-19(30)15-8-5-4-6-9-15/h4-13,19,30H,14H2,1-3H3/t19-/m1/s1. The molecule has 3 heterocycles. The fourth-order valence-electron chi connectivity index (χ4n) is 4.16. The Morgan fingerprint density at radius 2 is 1.79 bits per heavy atom. The van der Waals surface area contributed by atoms with Crippen LogP contribution in [0.1, 0.15) is 11.7 Å². The third-order valence-electron chi connectivity index (χ3n) is 5.96. The number of aromatic nitrogens is 5. The van der Waals surface area contributed by atoms with Gasteiger partial charge in [-0.05, 0) is 17.7 Å². The molecule has 5 aromatic rings. The summed E-state index contributed by atoms with van der Waals surface area (Å²) in [7, 11) is 4.63. The average Bonchev–Trinajstić information content (AvgIpc) is 3.39. The van der Waals surface area contributed by atoms with Gasteiger partial charge in [-0.25, -0.2) is 4.79 Å². The number of hydrogen-bond acceptors (Lipinski definition) is 5. The van der Waals surface area contributed by atoms with Crippen LogP contribution in [-0.2, 0) is 20.6 Å². The minimum Gasteiger partial charge on any atom is -0.497 e. The van der Waals surface area contributed by atoms with Crippen LogP contribution in [0.4, 0.5) is 0 Å². The van der Waals surface area contributed by atoms with E-state index in [9.17, 15) is 14.7 Å². The van der Waals surface area contributed by atoms with Crippen LogP contribution in [0.5, 0.6) is 5.75 Å². The molecule has 33 heavy (non-hydrogen) atoms. The van der Waals surface area contributed by atoms with Crippen molar-refractivity contribution in [2.75, 3.05) is 7.11 Å². The molecule has 1 N–H and O–H groups in total. The van der Waals surface area contributed by atoms with Crippen LogP contribution in [0.3, 0.4) is 0 Å². The van der Waals surface area contributed by atoms with Gasteiger partial charge in [-0.3, -0.25) is 18.3 Å². The fourth-order valence-corrected chi connectivity index (χ4v) is 4.16. The lowest BCUT2D eigenvalue weighted by atomic mass is 10.1. The molecule has 1 atom stereocenters. The highest BCUT2D eigenvalue weighted by Crippen LogP contribution is 2.29. The molecule has 9 nitrogen and oxygen atoms in total. The van der Waals surface area contributed by atoms with Gasteiger partial charge in [0.05, 0.1) is 25.5 Å². The zero-order chi connectivity index (χ0) is 23.3. The Bertz CT molecular complexity index is 1610. The van der Waals surface area contributed by atoms with Gasteiger partial charge in [-0.15, -0.1) is 0 Å². The molecule has 168 valence electrons. The molecule has 0 aliphatic rings. The lowest BCUT2D eigenvalue weighted by Crippen LogP contribution is -2.37. The SMILES string of the molecule is COc1cccc(-c2cn3c4c(=O)n(C)c(=O)n(C)c4nc3n2C[C@@H](O)c2ccccc2)c1. The smallest absolute Gasteiger partial charge is 0.332 e. The Kier molecular flexibility index (Phi) is 4.90. The van der Waals surface area contributed by atoms with Crippen LogP contribution >= 0.6 is 0 Å². The Hall–Kier alpha value is -4.11. The second-order valence-electron chi connectivity index (χ2n) is 7.94. The van der Waals surface area contributed by atoms with Crippen molar-refractivity contribution in [1.29, 1.82) is 0 Å². The predicted octanol–water partition coefficient (Wildman–Crippen LogP) is 2.10. The third kappa shape index (κ3) is 3.25. The molecule has 0 aliphatic heterocycles. The van der Waals surface area contributed by atoms with Crippen molar-refractivity contribution in [2.24, 2.45) is 14.1 Å². The van der Waals surface area contributed by atoms with E-state index in [0.29, 0.717) is 22.7 Å². The van der Waals surface area contributed by atoms with Gasteiger partial charge < -0.3 is 14.4 Å². The van der Waals surface area contributed by atoms with Gasteiger partial charge in [0.15, 0.2) is 11.2 Å². The van der Waals surface area contributed by atoms with E-state index in [0.717, 1.165) is 21.4 Å². The van der Waals surface area contributed by atoms with E-state index in [1.54, 1.807) is 18.6 Å². The molecule has 9 heteroatoms. The van der Waals surface area contributed by atoms with Gasteiger partial charge in [0.25, 0.3) is 5.56 Å². The van der Waals surface area contributed by atoms with Gasteiger partial charge in [-0.2, -0.15) is 4.98 Å². The summed E-state index contributed by atoms with van der Waals surface area (Å²) >= 11 is 0. The number of hydrogen-bond donors (Lipinski definition) is 1. The van der Waals surface area contributed by atoms with Crippen molar-refractivity contribution in [3.63, 3.8) is 0 Å². The summed E-state index contributed by atoms with van der Waals surface area (Å²) in [5.74, 6) is 1.14. The van der Waals surface area contributed by atoms with Crippen LogP contribution in [0, 0.1) is 0 Å². The van der Waals surface area contributed by atoms with E-state index in [-0.39, 0.29) is 6.54 Å². The van der Waals surface area contributed by atoms with Crippen molar-refractivity contribution in [1.82, 2.24) is 23.1 Å². The summed E-state index contributed by atoms with van der Waals surface area (Å²) in [6, 6.07) is 16.9. The molecule has 0 bridgehead atoms. The normalized spacial score (nSPS) is 12.5. The molecule has 3 aromatic heterocycles. The van der Waals surface area contributed by atoms with Crippen LogP contribution in [0.15, 0.2) is 70.4 Å². The first-order valence-electron chi connectivity index (χ1n) is 10.5. The molecular formula is C24H23N5O4. The molecule has 0 aliphatic carbocycles. The predicted molar refractivity (Wildman–Crippen MR) is 125 cm³/mol. The van der Waals surface area contributed by atoms with Crippen molar-refractivity contribution in [3.8, 4) is 17.0 Å². The number of ether oxygens (including phenoxy) is 1. The summed E-state index contributed by atoms with van der Waals surface area (Å²) in [6.45, 7) is 0.199. The second-order valence-corrected chi connectivity index (χ2v) is 7.94. The van der Waals surface area contributed by atoms with Crippen LogP contribution < -0.4 is 16.0 Å². The lowest BCUT2D eigenvalue weighted by Gasteiger charge is -2.15. The molecule has 0 fully saturated rings. The summed E-state index contributed by atoms with van der Waals surface area (Å²) in [5.41, 5.74) is 2.07. The number of aliphatic hydroxyl groups is 1. The molecular weight excluding hydrogens is 422 g/mol. The molecule has 0 radical (unpaired) electrons. The van der Waals surface area contributed by atoms with Crippen LogP contribution in [0.2, 0.25) is 0 Å². The second kappa shape index (κ2) is 7.79. The average molecular weight is 445 g/mol. The molecule has 0 amide bonds. The molecule has 0 unspecified atom stereocenters. The first-order chi connectivity index (χ1) is 15.9. The highest BCUT2D eigenvalue weighted by atomic mass is 16.5. The quantitative estimate of drug-likeness (QED) is 0.447. The summed E-state index contributed by atoms with van der Waals surface area (Å²) < 4.78 is 11.3.